The Morgan fingerprint density at radius 1 is 0.656 bits per heavy atom. The van der Waals surface area contributed by atoms with E-state index < -0.39 is 19.0 Å². The number of benzene rings is 3. The van der Waals surface area contributed by atoms with Crippen LogP contribution in [0.15, 0.2) is 72.8 Å². The molecule has 0 aliphatic rings. The summed E-state index contributed by atoms with van der Waals surface area (Å²) in [6.07, 6.45) is 0. The van der Waals surface area contributed by atoms with Gasteiger partial charge in [-0.15, -0.1) is 0 Å². The molecule has 0 spiro atoms. The first-order chi connectivity index (χ1) is 14.9. The summed E-state index contributed by atoms with van der Waals surface area (Å²) < 4.78 is 39.9. The molecule has 1 N–H and O–H groups in total. The number of rotatable bonds is 8. The predicted octanol–water partition coefficient (Wildman–Crippen LogP) is 8.65. The minimum Gasteiger partial charge on any atom is -0.422 e. The molecule has 0 aliphatic carbocycles. The molecule has 0 heterocycles. The monoisotopic (exact) mass is 574 g/mol. The second-order valence-electron chi connectivity index (χ2n) is 6.17. The van der Waals surface area contributed by atoms with Gasteiger partial charge in [-0.2, -0.15) is 0 Å². The summed E-state index contributed by atoms with van der Waals surface area (Å²) in [7, 11) is -10.1. The Kier molecular flexibility index (Phi) is 8.02. The van der Waals surface area contributed by atoms with Crippen molar-refractivity contribution >= 4 is 73.2 Å². The Morgan fingerprint density at radius 2 is 1.00 bits per heavy atom. The highest BCUT2D eigenvalue weighted by atomic mass is 35.5. The average molecular weight is 577 g/mol. The molecule has 0 saturated carbocycles. The fourth-order valence-electron chi connectivity index (χ4n) is 2.33. The van der Waals surface area contributed by atoms with Gasteiger partial charge in [0, 0.05) is 15.1 Å². The van der Waals surface area contributed by atoms with Crippen LogP contribution in [0.2, 0.25) is 15.1 Å². The molecule has 3 aromatic rings. The zero-order valence-corrected chi connectivity index (χ0v) is 21.3. The third kappa shape index (κ3) is 5.88. The first kappa shape index (κ1) is 25.6. The van der Waals surface area contributed by atoms with E-state index in [4.69, 9.17) is 71.6 Å². The van der Waals surface area contributed by atoms with Crippen LogP contribution >= 0.6 is 73.2 Å². The largest absolute Gasteiger partial charge is 0.480 e. The summed E-state index contributed by atoms with van der Waals surface area (Å²) in [4.78, 5) is 10.6. The fourth-order valence-corrected chi connectivity index (χ4v) is 6.65. The molecule has 3 aromatic carbocycles. The number of alkyl halides is 2. The molecule has 0 aliphatic heterocycles. The first-order valence-electron chi connectivity index (χ1n) is 8.58. The van der Waals surface area contributed by atoms with Gasteiger partial charge in [0.05, 0.1) is 0 Å². The summed E-state index contributed by atoms with van der Waals surface area (Å²) in [6.45, 7) is 0. The van der Waals surface area contributed by atoms with Gasteiger partial charge in [0.1, 0.15) is 17.2 Å². The van der Waals surface area contributed by atoms with Gasteiger partial charge in [-0.1, -0.05) is 76.2 Å². The molecular formula is C19H13Cl5O6P2. The van der Waals surface area contributed by atoms with Gasteiger partial charge in [-0.25, -0.2) is 9.13 Å². The van der Waals surface area contributed by atoms with E-state index in [-0.39, 0.29) is 32.3 Å². The van der Waals surface area contributed by atoms with Gasteiger partial charge in [0.25, 0.3) is 0 Å². The van der Waals surface area contributed by atoms with Crippen LogP contribution in [0.25, 0.3) is 0 Å². The molecule has 170 valence electrons. The zero-order valence-electron chi connectivity index (χ0n) is 15.7. The van der Waals surface area contributed by atoms with Crippen LogP contribution in [0.4, 0.5) is 0 Å². The Bertz CT molecular complexity index is 1170. The predicted molar refractivity (Wildman–Crippen MR) is 128 cm³/mol. The lowest BCUT2D eigenvalue weighted by Crippen LogP contribution is -2.24. The van der Waals surface area contributed by atoms with Crippen LogP contribution in [0.1, 0.15) is 0 Å². The Labute approximate surface area is 208 Å². The van der Waals surface area contributed by atoms with Crippen LogP contribution in [-0.4, -0.2) is 8.71 Å². The first-order valence-corrected chi connectivity index (χ1v) is 13.6. The van der Waals surface area contributed by atoms with E-state index in [2.05, 4.69) is 0 Å². The SMILES string of the molecule is O=P(O)(Oc1cccc(Cl)c1)C(Cl)(Cl)P(=O)(Oc1cccc(Cl)c1)Oc1cccc(Cl)c1. The van der Waals surface area contributed by atoms with Gasteiger partial charge >= 0.3 is 19.0 Å². The van der Waals surface area contributed by atoms with Gasteiger partial charge in [0.15, 0.2) is 0 Å². The molecule has 0 aromatic heterocycles. The van der Waals surface area contributed by atoms with E-state index in [9.17, 15) is 14.0 Å². The Balaban J connectivity index is 2.05. The smallest absolute Gasteiger partial charge is 0.422 e. The van der Waals surface area contributed by atoms with Crippen LogP contribution in [0.3, 0.4) is 0 Å². The van der Waals surface area contributed by atoms with E-state index >= 15 is 0 Å². The maximum atomic E-state index is 13.9. The minimum atomic E-state index is -5.16. The lowest BCUT2D eigenvalue weighted by Gasteiger charge is -2.31. The summed E-state index contributed by atoms with van der Waals surface area (Å²) in [5.41, 5.74) is 0. The molecule has 0 bridgehead atoms. The van der Waals surface area contributed by atoms with Gasteiger partial charge < -0.3 is 18.5 Å². The maximum Gasteiger partial charge on any atom is 0.480 e. The zero-order chi connectivity index (χ0) is 23.6. The van der Waals surface area contributed by atoms with Crippen molar-refractivity contribution in [2.45, 2.75) is 3.82 Å². The highest BCUT2D eigenvalue weighted by Crippen LogP contribution is 2.78. The van der Waals surface area contributed by atoms with Crippen molar-refractivity contribution in [2.24, 2.45) is 0 Å². The van der Waals surface area contributed by atoms with Crippen molar-refractivity contribution in [1.82, 2.24) is 0 Å². The van der Waals surface area contributed by atoms with Crippen molar-refractivity contribution < 1.29 is 27.6 Å². The molecular weight excluding hydrogens is 563 g/mol. The van der Waals surface area contributed by atoms with Gasteiger partial charge in [-0.3, -0.25) is 0 Å². The summed E-state index contributed by atoms with van der Waals surface area (Å²) >= 11 is 30.2. The van der Waals surface area contributed by atoms with Crippen molar-refractivity contribution in [1.29, 1.82) is 0 Å². The second kappa shape index (κ2) is 10.0. The third-order valence-corrected chi connectivity index (χ3v) is 11.2. The van der Waals surface area contributed by atoms with E-state index in [0.29, 0.717) is 0 Å². The lowest BCUT2D eigenvalue weighted by atomic mass is 10.3. The highest BCUT2D eigenvalue weighted by Gasteiger charge is 2.66. The summed E-state index contributed by atoms with van der Waals surface area (Å²) in [5, 5.41) is 0.675. The average Bonchev–Trinajstić information content (AvgIpc) is 2.67. The number of hydrogen-bond acceptors (Lipinski definition) is 5. The van der Waals surface area contributed by atoms with E-state index in [1.165, 1.54) is 72.8 Å². The molecule has 3 rings (SSSR count). The lowest BCUT2D eigenvalue weighted by molar-refractivity contribution is 0.356. The van der Waals surface area contributed by atoms with Crippen LogP contribution in [0.5, 0.6) is 17.2 Å². The Morgan fingerprint density at radius 3 is 1.34 bits per heavy atom. The topological polar surface area (TPSA) is 82.1 Å². The molecule has 1 unspecified atom stereocenters. The van der Waals surface area contributed by atoms with Crippen LogP contribution in [-0.2, 0) is 9.13 Å². The Hall–Kier alpha value is -1.07. The number of halogens is 5. The van der Waals surface area contributed by atoms with E-state index in [1.54, 1.807) is 0 Å². The minimum absolute atomic E-state index is 0.0868. The van der Waals surface area contributed by atoms with Crippen molar-refractivity contribution in [3.63, 3.8) is 0 Å². The van der Waals surface area contributed by atoms with Crippen molar-refractivity contribution in [3.05, 3.63) is 87.9 Å². The van der Waals surface area contributed by atoms with Crippen molar-refractivity contribution in [3.8, 4) is 17.2 Å². The molecule has 0 amide bonds. The molecule has 13 heteroatoms. The van der Waals surface area contributed by atoms with Crippen LogP contribution < -0.4 is 13.6 Å². The molecule has 0 fully saturated rings. The van der Waals surface area contributed by atoms with E-state index in [0.717, 1.165) is 0 Å². The van der Waals surface area contributed by atoms with Crippen LogP contribution in [0, 0.1) is 0 Å². The fraction of sp³-hybridized carbons (Fsp3) is 0.0526. The molecule has 0 radical (unpaired) electrons. The van der Waals surface area contributed by atoms with Gasteiger partial charge in [0.2, 0.25) is 0 Å². The van der Waals surface area contributed by atoms with Crippen molar-refractivity contribution in [2.75, 3.05) is 0 Å². The third-order valence-electron chi connectivity index (χ3n) is 3.74. The second-order valence-corrected chi connectivity index (χ2v) is 14.1. The molecule has 1 atom stereocenters. The number of hydrogen-bond donors (Lipinski definition) is 1. The van der Waals surface area contributed by atoms with E-state index in [1.807, 2.05) is 0 Å². The van der Waals surface area contributed by atoms with Gasteiger partial charge in [-0.05, 0) is 54.6 Å². The standard InChI is InChI=1S/C19H13Cl5O6P2/c20-13-4-1-7-16(10-13)28-31(25,26)19(23,24)32(27,29-17-8-2-5-14(21)11-17)30-18-9-3-6-15(22)12-18/h1-12H,(H,25,26). The molecule has 32 heavy (non-hydrogen) atoms. The highest BCUT2D eigenvalue weighted by molar-refractivity contribution is 7.80. The quantitative estimate of drug-likeness (QED) is 0.214. The summed E-state index contributed by atoms with van der Waals surface area (Å²) in [6, 6.07) is 16.9. The normalized spacial score (nSPS) is 13.8. The molecule has 0 saturated heterocycles. The molecule has 6 nitrogen and oxygen atoms in total. The maximum absolute atomic E-state index is 13.9. The summed E-state index contributed by atoms with van der Waals surface area (Å²) in [5.74, 6) is -0.321.